The number of para-hydroxylation sites is 1. The maximum Gasteiger partial charge on any atom is 0.186 e. The molecular weight excluding hydrogens is 478 g/mol. The molecule has 210 valence electrons. The van der Waals surface area contributed by atoms with Gasteiger partial charge in [-0.05, 0) is 70.5 Å². The maximum atomic E-state index is 6.06. The minimum Gasteiger partial charge on any atom is -0.384 e. The lowest BCUT2D eigenvalue weighted by molar-refractivity contribution is -0.226. The van der Waals surface area contributed by atoms with E-state index in [0.717, 1.165) is 38.0 Å². The molecule has 38 heavy (non-hydrogen) atoms. The lowest BCUT2D eigenvalue weighted by Crippen LogP contribution is -2.37. The Morgan fingerprint density at radius 3 is 2.45 bits per heavy atom. The van der Waals surface area contributed by atoms with E-state index >= 15 is 0 Å². The highest BCUT2D eigenvalue weighted by atomic mass is 16.8. The van der Waals surface area contributed by atoms with Crippen molar-refractivity contribution in [2.75, 3.05) is 32.1 Å². The van der Waals surface area contributed by atoms with Crippen LogP contribution in [0.15, 0.2) is 24.3 Å². The molecular formula is C31H47N3O4. The Bertz CT molecular complexity index is 1050. The van der Waals surface area contributed by atoms with Crippen LogP contribution < -0.4 is 10.6 Å². The van der Waals surface area contributed by atoms with Crippen molar-refractivity contribution < 1.29 is 18.9 Å². The zero-order chi connectivity index (χ0) is 26.4. The van der Waals surface area contributed by atoms with E-state index in [1.54, 1.807) is 7.11 Å². The number of benzene rings is 1. The van der Waals surface area contributed by atoms with Crippen LogP contribution in [0.25, 0.3) is 10.9 Å². The Balaban J connectivity index is 0.924. The smallest absolute Gasteiger partial charge is 0.186 e. The Kier molecular flexibility index (Phi) is 9.55. The lowest BCUT2D eigenvalue weighted by atomic mass is 9.92. The number of ether oxygens (including phenoxy) is 4. The van der Waals surface area contributed by atoms with Crippen molar-refractivity contribution in [3.05, 3.63) is 35.5 Å². The number of aryl methyl sites for hydroxylation is 1. The topological polar surface area (TPSA) is 73.9 Å². The van der Waals surface area contributed by atoms with Gasteiger partial charge in [0.2, 0.25) is 0 Å². The van der Waals surface area contributed by atoms with E-state index in [2.05, 4.69) is 34.9 Å². The highest BCUT2D eigenvalue weighted by Crippen LogP contribution is 2.38. The number of methoxy groups -OCH3 is 1. The maximum absolute atomic E-state index is 6.06. The predicted octanol–water partition coefficient (Wildman–Crippen LogP) is 5.74. The minimum absolute atomic E-state index is 0.0315. The van der Waals surface area contributed by atoms with Gasteiger partial charge in [0, 0.05) is 37.0 Å². The van der Waals surface area contributed by atoms with Crippen molar-refractivity contribution in [1.29, 1.82) is 0 Å². The molecule has 2 N–H and O–H groups in total. The molecule has 3 aliphatic rings. The van der Waals surface area contributed by atoms with Crippen LogP contribution in [0.2, 0.25) is 0 Å². The summed E-state index contributed by atoms with van der Waals surface area (Å²) < 4.78 is 23.5. The number of aromatic nitrogens is 1. The third-order valence-corrected chi connectivity index (χ3v) is 8.19. The molecule has 0 saturated carbocycles. The Labute approximate surface area is 228 Å². The number of anilines is 1. The number of nitrogens with one attached hydrogen (secondary N) is 2. The van der Waals surface area contributed by atoms with Crippen molar-refractivity contribution in [3.63, 3.8) is 0 Å². The van der Waals surface area contributed by atoms with Gasteiger partial charge >= 0.3 is 0 Å². The second-order valence-corrected chi connectivity index (χ2v) is 11.6. The zero-order valence-electron chi connectivity index (χ0n) is 23.6. The van der Waals surface area contributed by atoms with Gasteiger partial charge in [-0.15, -0.1) is 0 Å². The minimum atomic E-state index is -0.572. The SMILES string of the molecule is CO[C@@H]1O[C@H](CNCCCCCCCCCNc2c3c(nc4ccccc24)CCCC3)[C@H]2OC(C)(C)O[C@@H]12. The molecule has 4 atom stereocenters. The van der Waals surface area contributed by atoms with Crippen LogP contribution in [0, 0.1) is 0 Å². The zero-order valence-corrected chi connectivity index (χ0v) is 23.6. The molecule has 0 spiro atoms. The highest BCUT2D eigenvalue weighted by molar-refractivity contribution is 5.93. The van der Waals surface area contributed by atoms with Gasteiger partial charge < -0.3 is 29.6 Å². The summed E-state index contributed by atoms with van der Waals surface area (Å²) in [5.74, 6) is -0.572. The van der Waals surface area contributed by atoms with Crippen molar-refractivity contribution in [3.8, 4) is 0 Å². The van der Waals surface area contributed by atoms with Gasteiger partial charge in [0.15, 0.2) is 12.1 Å². The quantitative estimate of drug-likeness (QED) is 0.305. The first-order valence-electron chi connectivity index (χ1n) is 14.9. The van der Waals surface area contributed by atoms with E-state index < -0.39 is 5.79 Å². The predicted molar refractivity (Wildman–Crippen MR) is 152 cm³/mol. The van der Waals surface area contributed by atoms with Crippen molar-refractivity contribution >= 4 is 16.6 Å². The van der Waals surface area contributed by atoms with E-state index in [1.807, 2.05) is 13.8 Å². The highest BCUT2D eigenvalue weighted by Gasteiger charge is 2.55. The number of unbranched alkanes of at least 4 members (excludes halogenated alkanes) is 6. The number of hydrogen-bond donors (Lipinski definition) is 2. The van der Waals surface area contributed by atoms with Crippen LogP contribution in [0.5, 0.6) is 0 Å². The first-order valence-corrected chi connectivity index (χ1v) is 14.9. The summed E-state index contributed by atoms with van der Waals surface area (Å²) in [6, 6.07) is 8.60. The molecule has 0 radical (unpaired) electrons. The van der Waals surface area contributed by atoms with Crippen LogP contribution in [-0.4, -0.2) is 62.1 Å². The molecule has 3 heterocycles. The summed E-state index contributed by atoms with van der Waals surface area (Å²) in [7, 11) is 1.66. The molecule has 1 aliphatic carbocycles. The van der Waals surface area contributed by atoms with Crippen LogP contribution >= 0.6 is 0 Å². The van der Waals surface area contributed by atoms with Crippen LogP contribution in [0.4, 0.5) is 5.69 Å². The second kappa shape index (κ2) is 13.1. The molecule has 7 nitrogen and oxygen atoms in total. The van der Waals surface area contributed by atoms with E-state index in [0.29, 0.717) is 0 Å². The number of hydrogen-bond acceptors (Lipinski definition) is 7. The van der Waals surface area contributed by atoms with Crippen molar-refractivity contribution in [2.45, 2.75) is 115 Å². The molecule has 1 aromatic heterocycles. The normalized spacial score (nSPS) is 26.0. The van der Waals surface area contributed by atoms with E-state index in [4.69, 9.17) is 23.9 Å². The fourth-order valence-electron chi connectivity index (χ4n) is 6.29. The summed E-state index contributed by atoms with van der Waals surface area (Å²) in [6.07, 6.45) is 13.1. The van der Waals surface area contributed by atoms with Crippen LogP contribution in [-0.2, 0) is 31.8 Å². The van der Waals surface area contributed by atoms with E-state index in [-0.39, 0.29) is 24.6 Å². The molecule has 2 aliphatic heterocycles. The van der Waals surface area contributed by atoms with Crippen molar-refractivity contribution in [1.82, 2.24) is 10.3 Å². The third kappa shape index (κ3) is 6.68. The van der Waals surface area contributed by atoms with E-state index in [1.165, 1.54) is 80.1 Å². The molecule has 5 rings (SSSR count). The second-order valence-electron chi connectivity index (χ2n) is 11.6. The lowest BCUT2D eigenvalue weighted by Gasteiger charge is -2.23. The third-order valence-electron chi connectivity index (χ3n) is 8.19. The number of rotatable bonds is 14. The Hall–Kier alpha value is -1.77. The largest absolute Gasteiger partial charge is 0.384 e. The summed E-state index contributed by atoms with van der Waals surface area (Å²) in [5, 5.41) is 8.64. The molecule has 2 fully saturated rings. The fraction of sp³-hybridized carbons (Fsp3) is 0.710. The summed E-state index contributed by atoms with van der Waals surface area (Å²) in [4.78, 5) is 4.96. The molecule has 2 aromatic rings. The molecule has 7 heteroatoms. The first kappa shape index (κ1) is 27.8. The molecule has 0 bridgehead atoms. The average Bonchev–Trinajstić information content (AvgIpc) is 3.41. The van der Waals surface area contributed by atoms with Gasteiger partial charge in [0.25, 0.3) is 0 Å². The fourth-order valence-corrected chi connectivity index (χ4v) is 6.29. The van der Waals surface area contributed by atoms with Crippen LogP contribution in [0.3, 0.4) is 0 Å². The molecule has 0 unspecified atom stereocenters. The van der Waals surface area contributed by atoms with E-state index in [9.17, 15) is 0 Å². The van der Waals surface area contributed by atoms with Gasteiger partial charge in [-0.3, -0.25) is 4.98 Å². The Morgan fingerprint density at radius 2 is 1.63 bits per heavy atom. The van der Waals surface area contributed by atoms with Gasteiger partial charge in [-0.25, -0.2) is 0 Å². The summed E-state index contributed by atoms with van der Waals surface area (Å²) in [6.45, 7) is 6.73. The Morgan fingerprint density at radius 1 is 0.921 bits per heavy atom. The summed E-state index contributed by atoms with van der Waals surface area (Å²) in [5.41, 5.74) is 5.27. The summed E-state index contributed by atoms with van der Waals surface area (Å²) >= 11 is 0. The van der Waals surface area contributed by atoms with Gasteiger partial charge in [-0.1, -0.05) is 50.3 Å². The monoisotopic (exact) mass is 525 g/mol. The van der Waals surface area contributed by atoms with Gasteiger partial charge in [0.1, 0.15) is 18.3 Å². The standard InChI is InChI=1S/C31H47N3O4/c1-31(2)37-28-26(36-30(35-3)29(28)38-31)21-32-19-13-7-5-4-6-8-14-20-33-27-22-15-9-11-17-24(22)34-25-18-12-10-16-23(25)27/h9,11,15,17,26,28-30,32H,4-8,10,12-14,16,18-21H2,1-3H3,(H,33,34)/t26-,28-,29-,30-/m1/s1. The molecule has 2 saturated heterocycles. The number of nitrogens with zero attached hydrogens (tertiary/aromatic N) is 1. The molecule has 1 aromatic carbocycles. The molecule has 0 amide bonds. The van der Waals surface area contributed by atoms with Gasteiger partial charge in [0.05, 0.1) is 5.52 Å². The van der Waals surface area contributed by atoms with Gasteiger partial charge in [-0.2, -0.15) is 0 Å². The van der Waals surface area contributed by atoms with Crippen LogP contribution in [0.1, 0.15) is 82.9 Å². The number of fused-ring (bicyclic) bond motifs is 3. The number of pyridine rings is 1. The first-order chi connectivity index (χ1) is 18.6. The van der Waals surface area contributed by atoms with Crippen molar-refractivity contribution in [2.24, 2.45) is 0 Å². The average molecular weight is 526 g/mol.